The summed E-state index contributed by atoms with van der Waals surface area (Å²) in [6.45, 7) is 0.889. The van der Waals surface area contributed by atoms with Gasteiger partial charge in [0, 0.05) is 17.3 Å². The molecule has 0 saturated heterocycles. The second-order valence-electron chi connectivity index (χ2n) is 5.46. The largest absolute Gasteiger partial charge is 0.530 e. The van der Waals surface area contributed by atoms with Crippen LogP contribution in [0.1, 0.15) is 11.9 Å². The molecule has 0 radical (unpaired) electrons. The number of nitrogens with one attached hydrogen (secondary N) is 1. The standard InChI is InChI=1S/C15H14N4O4/c20-15(21)16-5-9-7-23-8-13-17-11-6-18(22)12-4-2-1-3-10(12)14(11)19(9)13/h1-4,6,9,16H,5,7-8H2,(H-,20,21,22)/t9-/m0/s1. The lowest BCUT2D eigenvalue weighted by Gasteiger charge is -2.26. The van der Waals surface area contributed by atoms with Crippen LogP contribution >= 0.6 is 0 Å². The summed E-state index contributed by atoms with van der Waals surface area (Å²) in [5.74, 6) is 0.702. The van der Waals surface area contributed by atoms with Crippen molar-refractivity contribution in [3.05, 3.63) is 36.3 Å². The molecular weight excluding hydrogens is 300 g/mol. The lowest BCUT2D eigenvalue weighted by atomic mass is 10.1. The van der Waals surface area contributed by atoms with Gasteiger partial charge in [0.15, 0.2) is 5.52 Å². The predicted octanol–water partition coefficient (Wildman–Crippen LogP) is -0.281. The molecule has 1 atom stereocenters. The summed E-state index contributed by atoms with van der Waals surface area (Å²) in [5.41, 5.74) is 2.14. The quantitative estimate of drug-likeness (QED) is 0.500. The molecule has 3 aromatic rings. The lowest BCUT2D eigenvalue weighted by molar-refractivity contribution is -0.883. The van der Waals surface area contributed by atoms with Crippen LogP contribution in [0.2, 0.25) is 0 Å². The van der Waals surface area contributed by atoms with E-state index in [1.54, 1.807) is 6.20 Å². The molecule has 0 unspecified atom stereocenters. The van der Waals surface area contributed by atoms with E-state index in [0.717, 1.165) is 15.6 Å². The SMILES string of the molecule is O=C([O-])NC[C@H]1COCc2nc3c[n+](O)c4ccccc4c3n21. The topological polar surface area (TPSA) is 103 Å². The molecule has 3 heterocycles. The van der Waals surface area contributed by atoms with Gasteiger partial charge in [-0.3, -0.25) is 5.21 Å². The first kappa shape index (κ1) is 13.8. The minimum Gasteiger partial charge on any atom is -0.530 e. The third-order valence-electron chi connectivity index (χ3n) is 4.05. The highest BCUT2D eigenvalue weighted by Crippen LogP contribution is 2.29. The third-order valence-corrected chi connectivity index (χ3v) is 4.05. The Kier molecular flexibility index (Phi) is 3.05. The van der Waals surface area contributed by atoms with Gasteiger partial charge in [-0.2, -0.15) is 0 Å². The van der Waals surface area contributed by atoms with E-state index in [1.165, 1.54) is 0 Å². The van der Waals surface area contributed by atoms with Crippen LogP contribution in [0.3, 0.4) is 0 Å². The van der Waals surface area contributed by atoms with Crippen molar-refractivity contribution < 1.29 is 24.6 Å². The molecule has 1 aliphatic rings. The molecule has 0 fully saturated rings. The van der Waals surface area contributed by atoms with Crippen molar-refractivity contribution >= 4 is 28.0 Å². The lowest BCUT2D eigenvalue weighted by Crippen LogP contribution is -2.42. The molecule has 118 valence electrons. The van der Waals surface area contributed by atoms with Crippen LogP contribution in [0, 0.1) is 0 Å². The Labute approximate surface area is 130 Å². The van der Waals surface area contributed by atoms with Crippen molar-refractivity contribution in [2.75, 3.05) is 13.2 Å². The number of pyridine rings is 1. The van der Waals surface area contributed by atoms with Gasteiger partial charge in [0.2, 0.25) is 0 Å². The van der Waals surface area contributed by atoms with E-state index in [2.05, 4.69) is 10.3 Å². The van der Waals surface area contributed by atoms with Crippen molar-refractivity contribution in [2.45, 2.75) is 12.6 Å². The number of ether oxygens (including phenoxy) is 1. The molecule has 0 aliphatic carbocycles. The van der Waals surface area contributed by atoms with Crippen LogP contribution in [0.25, 0.3) is 21.9 Å². The summed E-state index contributed by atoms with van der Waals surface area (Å²) in [6, 6.07) is 7.21. The van der Waals surface area contributed by atoms with Crippen LogP contribution < -0.4 is 15.2 Å². The number of carbonyl (C=O) groups excluding carboxylic acids is 1. The first-order valence-corrected chi connectivity index (χ1v) is 7.21. The number of aromatic nitrogens is 3. The number of fused-ring (bicyclic) bond motifs is 5. The van der Waals surface area contributed by atoms with Crippen LogP contribution in [0.15, 0.2) is 30.5 Å². The van der Waals surface area contributed by atoms with E-state index < -0.39 is 6.09 Å². The van der Waals surface area contributed by atoms with Gasteiger partial charge in [0.05, 0.1) is 23.6 Å². The van der Waals surface area contributed by atoms with Crippen LogP contribution in [-0.2, 0) is 11.3 Å². The van der Waals surface area contributed by atoms with E-state index in [-0.39, 0.29) is 12.6 Å². The van der Waals surface area contributed by atoms with Gasteiger partial charge in [-0.15, -0.1) is 0 Å². The zero-order valence-electron chi connectivity index (χ0n) is 12.1. The highest BCUT2D eigenvalue weighted by atomic mass is 16.5. The van der Waals surface area contributed by atoms with Gasteiger partial charge in [0.1, 0.15) is 18.5 Å². The van der Waals surface area contributed by atoms with E-state index >= 15 is 0 Å². The van der Waals surface area contributed by atoms with E-state index in [0.29, 0.717) is 30.1 Å². The molecule has 0 spiro atoms. The fourth-order valence-corrected chi connectivity index (χ4v) is 3.12. The molecule has 23 heavy (non-hydrogen) atoms. The summed E-state index contributed by atoms with van der Waals surface area (Å²) in [6.07, 6.45) is 0.228. The number of carboxylic acid groups (broad SMARTS) is 1. The molecule has 1 aromatic carbocycles. The molecule has 2 N–H and O–H groups in total. The van der Waals surface area contributed by atoms with Crippen molar-refractivity contribution in [3.8, 4) is 0 Å². The summed E-state index contributed by atoms with van der Waals surface area (Å²) < 4.78 is 8.54. The van der Waals surface area contributed by atoms with Crippen molar-refractivity contribution in [1.29, 1.82) is 0 Å². The predicted molar refractivity (Wildman–Crippen MR) is 76.7 cm³/mol. The summed E-state index contributed by atoms with van der Waals surface area (Å²) in [5, 5.41) is 23.9. The molecule has 1 amide bonds. The molecule has 8 heteroatoms. The number of hydrogen-bond acceptors (Lipinski definition) is 5. The average Bonchev–Trinajstić information content (AvgIpc) is 2.91. The Morgan fingerprint density at radius 2 is 2.35 bits per heavy atom. The fourth-order valence-electron chi connectivity index (χ4n) is 3.12. The number of para-hydroxylation sites is 1. The Morgan fingerprint density at radius 1 is 1.52 bits per heavy atom. The first-order valence-electron chi connectivity index (χ1n) is 7.21. The van der Waals surface area contributed by atoms with E-state index in [4.69, 9.17) is 4.74 Å². The minimum atomic E-state index is -1.32. The van der Waals surface area contributed by atoms with Crippen LogP contribution in [0.4, 0.5) is 4.79 Å². The van der Waals surface area contributed by atoms with Crippen molar-refractivity contribution in [3.63, 3.8) is 0 Å². The van der Waals surface area contributed by atoms with Gasteiger partial charge in [-0.1, -0.05) is 12.1 Å². The monoisotopic (exact) mass is 314 g/mol. The maximum Gasteiger partial charge on any atom is 0.266 e. The maximum absolute atomic E-state index is 10.7. The number of imidazole rings is 1. The van der Waals surface area contributed by atoms with Crippen molar-refractivity contribution in [1.82, 2.24) is 14.9 Å². The summed E-state index contributed by atoms with van der Waals surface area (Å²) in [7, 11) is 0. The minimum absolute atomic E-state index is 0.170. The number of amides is 1. The molecule has 1 aliphatic heterocycles. The highest BCUT2D eigenvalue weighted by Gasteiger charge is 2.27. The number of rotatable bonds is 2. The highest BCUT2D eigenvalue weighted by molar-refractivity contribution is 6.00. The zero-order chi connectivity index (χ0) is 16.0. The first-order chi connectivity index (χ1) is 11.1. The Balaban J connectivity index is 1.96. The summed E-state index contributed by atoms with van der Waals surface area (Å²) in [4.78, 5) is 15.2. The molecule has 2 aromatic heterocycles. The van der Waals surface area contributed by atoms with Crippen LogP contribution in [0.5, 0.6) is 0 Å². The van der Waals surface area contributed by atoms with E-state index in [9.17, 15) is 15.1 Å². The van der Waals surface area contributed by atoms with Gasteiger partial charge in [-0.05, 0) is 6.07 Å². The fraction of sp³-hybridized carbons (Fsp3) is 0.267. The third kappa shape index (κ3) is 2.15. The molecule has 0 saturated carbocycles. The number of benzene rings is 1. The molecule has 8 nitrogen and oxygen atoms in total. The van der Waals surface area contributed by atoms with Crippen LogP contribution in [-0.4, -0.2) is 34.0 Å². The Bertz CT molecular complexity index is 921. The summed E-state index contributed by atoms with van der Waals surface area (Å²) >= 11 is 0. The number of hydrogen-bond donors (Lipinski definition) is 2. The zero-order valence-corrected chi connectivity index (χ0v) is 12.1. The van der Waals surface area contributed by atoms with Gasteiger partial charge in [-0.25, -0.2) is 4.98 Å². The second-order valence-corrected chi connectivity index (χ2v) is 5.46. The van der Waals surface area contributed by atoms with Gasteiger partial charge in [0.25, 0.3) is 11.7 Å². The maximum atomic E-state index is 10.7. The second kappa shape index (κ2) is 5.10. The van der Waals surface area contributed by atoms with E-state index in [1.807, 2.05) is 28.8 Å². The van der Waals surface area contributed by atoms with Gasteiger partial charge >= 0.3 is 0 Å². The Hall–Kier alpha value is -2.87. The Morgan fingerprint density at radius 3 is 3.17 bits per heavy atom. The normalized spacial score (nSPS) is 17.3. The van der Waals surface area contributed by atoms with Gasteiger partial charge < -0.3 is 24.5 Å². The number of carbonyl (C=O) groups is 1. The molecule has 0 bridgehead atoms. The van der Waals surface area contributed by atoms with Crippen molar-refractivity contribution in [2.24, 2.45) is 0 Å². The molecular formula is C15H14N4O4. The average molecular weight is 314 g/mol. The molecule has 4 rings (SSSR count). The number of nitrogens with zero attached hydrogens (tertiary/aromatic N) is 3. The smallest absolute Gasteiger partial charge is 0.266 e.